The van der Waals surface area contributed by atoms with Crippen LogP contribution in [0.1, 0.15) is 11.3 Å². The second-order valence-corrected chi connectivity index (χ2v) is 3.69. The molecule has 0 aliphatic heterocycles. The maximum Gasteiger partial charge on any atom is 0.126 e. The zero-order chi connectivity index (χ0) is 11.4. The Morgan fingerprint density at radius 2 is 2.00 bits per heavy atom. The molecule has 0 saturated heterocycles. The summed E-state index contributed by atoms with van der Waals surface area (Å²) in [5, 5.41) is 12.5. The van der Waals surface area contributed by atoms with Crippen LogP contribution in [0.4, 0.5) is 5.82 Å². The highest BCUT2D eigenvalue weighted by molar-refractivity contribution is 5.37. The van der Waals surface area contributed by atoms with Gasteiger partial charge in [0.15, 0.2) is 0 Å². The first kappa shape index (κ1) is 10.5. The Balaban J connectivity index is 2.02. The predicted molar refractivity (Wildman–Crippen MR) is 64.4 cm³/mol. The molecule has 0 spiro atoms. The maximum absolute atomic E-state index is 9.31. The van der Waals surface area contributed by atoms with Crippen molar-refractivity contribution in [3.05, 3.63) is 53.7 Å². The fraction of sp³-hybridized carbons (Fsp3) is 0.154. The Labute approximate surface area is 94.8 Å². The Morgan fingerprint density at radius 3 is 2.75 bits per heavy atom. The highest BCUT2D eigenvalue weighted by Gasteiger charge is 1.96. The van der Waals surface area contributed by atoms with Crippen LogP contribution < -0.4 is 5.32 Å². The quantitative estimate of drug-likeness (QED) is 0.825. The van der Waals surface area contributed by atoms with Crippen molar-refractivity contribution >= 4 is 5.82 Å². The van der Waals surface area contributed by atoms with E-state index in [1.807, 2.05) is 37.3 Å². The van der Waals surface area contributed by atoms with Crippen molar-refractivity contribution in [1.29, 1.82) is 0 Å². The Hall–Kier alpha value is -2.03. The number of pyridine rings is 1. The van der Waals surface area contributed by atoms with Crippen LogP contribution >= 0.6 is 0 Å². The summed E-state index contributed by atoms with van der Waals surface area (Å²) in [5.41, 5.74) is 2.02. The number of nitrogens with zero attached hydrogens (tertiary/aromatic N) is 1. The molecule has 0 fully saturated rings. The minimum absolute atomic E-state index is 0.288. The summed E-state index contributed by atoms with van der Waals surface area (Å²) in [6, 6.07) is 13.0. The van der Waals surface area contributed by atoms with Crippen LogP contribution in [0.2, 0.25) is 0 Å². The molecule has 0 saturated carbocycles. The molecule has 1 aromatic heterocycles. The van der Waals surface area contributed by atoms with Gasteiger partial charge in [-0.1, -0.05) is 18.2 Å². The molecule has 0 amide bonds. The van der Waals surface area contributed by atoms with Gasteiger partial charge in [0.05, 0.1) is 0 Å². The maximum atomic E-state index is 9.31. The first-order chi connectivity index (χ1) is 7.74. The van der Waals surface area contributed by atoms with Crippen molar-refractivity contribution < 1.29 is 5.11 Å². The molecule has 0 bridgehead atoms. The van der Waals surface area contributed by atoms with E-state index in [4.69, 9.17) is 0 Å². The van der Waals surface area contributed by atoms with Gasteiger partial charge in [-0.2, -0.15) is 0 Å². The Bertz CT molecular complexity index is 437. The fourth-order valence-corrected chi connectivity index (χ4v) is 1.50. The number of aromatic hydroxyl groups is 1. The van der Waals surface area contributed by atoms with E-state index < -0.39 is 0 Å². The van der Waals surface area contributed by atoms with Gasteiger partial charge in [-0.15, -0.1) is 0 Å². The summed E-state index contributed by atoms with van der Waals surface area (Å²) in [5.74, 6) is 1.14. The van der Waals surface area contributed by atoms with Gasteiger partial charge in [0.2, 0.25) is 0 Å². The number of phenolic OH excluding ortho intramolecular Hbond substituents is 1. The van der Waals surface area contributed by atoms with Crippen LogP contribution in [0.5, 0.6) is 5.75 Å². The summed E-state index contributed by atoms with van der Waals surface area (Å²) >= 11 is 0. The second-order valence-electron chi connectivity index (χ2n) is 3.69. The van der Waals surface area contributed by atoms with Gasteiger partial charge in [0.25, 0.3) is 0 Å². The molecule has 1 heterocycles. The molecule has 16 heavy (non-hydrogen) atoms. The van der Waals surface area contributed by atoms with Crippen LogP contribution in [0.25, 0.3) is 0 Å². The lowest BCUT2D eigenvalue weighted by atomic mass is 10.2. The topological polar surface area (TPSA) is 45.1 Å². The van der Waals surface area contributed by atoms with Crippen LogP contribution in [0.3, 0.4) is 0 Å². The van der Waals surface area contributed by atoms with E-state index in [2.05, 4.69) is 10.3 Å². The van der Waals surface area contributed by atoms with Crippen molar-refractivity contribution in [3.63, 3.8) is 0 Å². The third kappa shape index (κ3) is 2.73. The van der Waals surface area contributed by atoms with Gasteiger partial charge in [-0.05, 0) is 36.8 Å². The van der Waals surface area contributed by atoms with E-state index in [1.54, 1.807) is 12.1 Å². The number of hydrogen-bond donors (Lipinski definition) is 2. The van der Waals surface area contributed by atoms with Gasteiger partial charge < -0.3 is 10.4 Å². The summed E-state index contributed by atoms with van der Waals surface area (Å²) < 4.78 is 0. The lowest BCUT2D eigenvalue weighted by molar-refractivity contribution is 0.474. The van der Waals surface area contributed by atoms with E-state index >= 15 is 0 Å². The standard InChI is InChI=1S/C13H14N2O/c1-10-4-2-7-13(15-10)14-9-11-5-3-6-12(16)8-11/h2-8,16H,9H2,1H3,(H,14,15). The number of anilines is 1. The molecular weight excluding hydrogens is 200 g/mol. The average molecular weight is 214 g/mol. The summed E-state index contributed by atoms with van der Waals surface area (Å²) in [6.45, 7) is 2.62. The lowest BCUT2D eigenvalue weighted by Crippen LogP contribution is -2.01. The zero-order valence-corrected chi connectivity index (χ0v) is 9.14. The monoisotopic (exact) mass is 214 g/mol. The fourth-order valence-electron chi connectivity index (χ4n) is 1.50. The summed E-state index contributed by atoms with van der Waals surface area (Å²) in [4.78, 5) is 4.34. The Morgan fingerprint density at radius 1 is 1.19 bits per heavy atom. The van der Waals surface area contributed by atoms with E-state index in [0.717, 1.165) is 17.1 Å². The molecular formula is C13H14N2O. The minimum Gasteiger partial charge on any atom is -0.508 e. The van der Waals surface area contributed by atoms with Crippen molar-refractivity contribution in [2.75, 3.05) is 5.32 Å². The predicted octanol–water partition coefficient (Wildman–Crippen LogP) is 2.71. The molecule has 82 valence electrons. The molecule has 0 atom stereocenters. The third-order valence-electron chi connectivity index (χ3n) is 2.27. The zero-order valence-electron chi connectivity index (χ0n) is 9.14. The van der Waals surface area contributed by atoms with Gasteiger partial charge in [-0.25, -0.2) is 4.98 Å². The van der Waals surface area contributed by atoms with E-state index in [9.17, 15) is 5.11 Å². The number of benzene rings is 1. The van der Waals surface area contributed by atoms with Gasteiger partial charge in [0, 0.05) is 12.2 Å². The first-order valence-corrected chi connectivity index (χ1v) is 5.19. The van der Waals surface area contributed by atoms with E-state index in [-0.39, 0.29) is 5.75 Å². The van der Waals surface area contributed by atoms with Crippen LogP contribution in [-0.4, -0.2) is 10.1 Å². The highest BCUT2D eigenvalue weighted by Crippen LogP contribution is 2.12. The SMILES string of the molecule is Cc1cccc(NCc2cccc(O)c2)n1. The molecule has 0 aliphatic carbocycles. The Kier molecular flexibility index (Phi) is 3.05. The van der Waals surface area contributed by atoms with Crippen molar-refractivity contribution in [3.8, 4) is 5.75 Å². The molecule has 3 nitrogen and oxygen atoms in total. The highest BCUT2D eigenvalue weighted by atomic mass is 16.3. The van der Waals surface area contributed by atoms with Crippen molar-refractivity contribution in [2.45, 2.75) is 13.5 Å². The van der Waals surface area contributed by atoms with Crippen molar-refractivity contribution in [1.82, 2.24) is 4.98 Å². The summed E-state index contributed by atoms with van der Waals surface area (Å²) in [7, 11) is 0. The largest absolute Gasteiger partial charge is 0.508 e. The number of aryl methyl sites for hydroxylation is 1. The molecule has 0 aliphatic rings. The van der Waals surface area contributed by atoms with E-state index in [1.165, 1.54) is 0 Å². The number of aromatic nitrogens is 1. The number of rotatable bonds is 3. The normalized spacial score (nSPS) is 10.1. The van der Waals surface area contributed by atoms with Crippen LogP contribution in [0.15, 0.2) is 42.5 Å². The third-order valence-corrected chi connectivity index (χ3v) is 2.27. The van der Waals surface area contributed by atoms with Crippen LogP contribution in [-0.2, 0) is 6.54 Å². The summed E-state index contributed by atoms with van der Waals surface area (Å²) in [6.07, 6.45) is 0. The second kappa shape index (κ2) is 4.66. The minimum atomic E-state index is 0.288. The number of phenols is 1. The molecule has 0 unspecified atom stereocenters. The number of nitrogens with one attached hydrogen (secondary N) is 1. The first-order valence-electron chi connectivity index (χ1n) is 5.19. The van der Waals surface area contributed by atoms with Gasteiger partial charge in [0.1, 0.15) is 11.6 Å². The molecule has 3 heteroatoms. The lowest BCUT2D eigenvalue weighted by Gasteiger charge is -2.06. The van der Waals surface area contributed by atoms with E-state index in [0.29, 0.717) is 6.54 Å². The molecule has 2 N–H and O–H groups in total. The van der Waals surface area contributed by atoms with Gasteiger partial charge >= 0.3 is 0 Å². The van der Waals surface area contributed by atoms with Crippen LogP contribution in [0, 0.1) is 6.92 Å². The smallest absolute Gasteiger partial charge is 0.126 e. The average Bonchev–Trinajstić information content (AvgIpc) is 2.27. The molecule has 0 radical (unpaired) electrons. The molecule has 2 rings (SSSR count). The number of hydrogen-bond acceptors (Lipinski definition) is 3. The molecule has 2 aromatic rings. The van der Waals surface area contributed by atoms with Crippen molar-refractivity contribution in [2.24, 2.45) is 0 Å². The van der Waals surface area contributed by atoms with Gasteiger partial charge in [-0.3, -0.25) is 0 Å². The molecule has 1 aromatic carbocycles.